The largest absolute Gasteiger partial charge is 0.490 e. The fourth-order valence-corrected chi connectivity index (χ4v) is 4.77. The second-order valence-electron chi connectivity index (χ2n) is 8.89. The topological polar surface area (TPSA) is 43.5 Å². The molecule has 2 atom stereocenters. The van der Waals surface area contributed by atoms with Gasteiger partial charge >= 0.3 is 0 Å². The van der Waals surface area contributed by atoms with Crippen LogP contribution in [0.15, 0.2) is 72.8 Å². The molecule has 0 N–H and O–H groups in total. The zero-order valence-corrected chi connectivity index (χ0v) is 18.8. The van der Waals surface area contributed by atoms with Gasteiger partial charge in [0.1, 0.15) is 36.9 Å². The summed E-state index contributed by atoms with van der Waals surface area (Å²) in [5, 5.41) is 4.89. The third-order valence-electron chi connectivity index (χ3n) is 6.62. The number of ether oxygens (including phenoxy) is 4. The van der Waals surface area contributed by atoms with Crippen molar-refractivity contribution in [1.29, 1.82) is 0 Å². The molecule has 2 fully saturated rings. The van der Waals surface area contributed by atoms with E-state index >= 15 is 0 Å². The van der Waals surface area contributed by atoms with E-state index in [1.807, 2.05) is 0 Å². The van der Waals surface area contributed by atoms with Crippen molar-refractivity contribution < 1.29 is 18.9 Å². The Morgan fingerprint density at radius 1 is 0.697 bits per heavy atom. The first-order valence-corrected chi connectivity index (χ1v) is 11.8. The van der Waals surface area contributed by atoms with Crippen molar-refractivity contribution >= 4 is 21.5 Å². The maximum atomic E-state index is 6.35. The lowest BCUT2D eigenvalue weighted by atomic mass is 9.82. The van der Waals surface area contributed by atoms with Gasteiger partial charge in [-0.05, 0) is 40.1 Å². The Labute approximate surface area is 194 Å². The molecule has 4 aromatic carbocycles. The lowest BCUT2D eigenvalue weighted by Crippen LogP contribution is -2.12. The van der Waals surface area contributed by atoms with Gasteiger partial charge in [0.25, 0.3) is 0 Å². The predicted octanol–water partition coefficient (Wildman–Crippen LogP) is 6.09. The van der Waals surface area contributed by atoms with E-state index in [9.17, 15) is 0 Å². The molecule has 4 heteroatoms. The van der Waals surface area contributed by atoms with Crippen molar-refractivity contribution in [3.8, 4) is 11.5 Å². The van der Waals surface area contributed by atoms with Gasteiger partial charge in [-0.1, -0.05) is 67.6 Å². The van der Waals surface area contributed by atoms with Gasteiger partial charge < -0.3 is 18.9 Å². The second-order valence-corrected chi connectivity index (χ2v) is 8.89. The molecule has 0 saturated carbocycles. The Hall–Kier alpha value is -3.08. The first-order valence-electron chi connectivity index (χ1n) is 11.8. The number of hydrogen-bond donors (Lipinski definition) is 0. The van der Waals surface area contributed by atoms with E-state index in [1.54, 1.807) is 0 Å². The van der Waals surface area contributed by atoms with Crippen molar-refractivity contribution in [1.82, 2.24) is 0 Å². The van der Waals surface area contributed by atoms with Gasteiger partial charge in [0.2, 0.25) is 0 Å². The van der Waals surface area contributed by atoms with Crippen LogP contribution in [0.1, 0.15) is 30.4 Å². The SMILES string of the molecule is CCC(c1c(OCC2CO2)ccc2ccccc12)c1c(OCC2CO2)ccc2ccccc12. The van der Waals surface area contributed by atoms with E-state index in [0.29, 0.717) is 13.2 Å². The summed E-state index contributed by atoms with van der Waals surface area (Å²) in [5.74, 6) is 1.98. The lowest BCUT2D eigenvalue weighted by molar-refractivity contribution is 0.258. The van der Waals surface area contributed by atoms with Crippen LogP contribution in [-0.2, 0) is 9.47 Å². The zero-order valence-electron chi connectivity index (χ0n) is 18.8. The quantitative estimate of drug-likeness (QED) is 0.295. The van der Waals surface area contributed by atoms with Gasteiger partial charge in [0.15, 0.2) is 0 Å². The highest BCUT2D eigenvalue weighted by molar-refractivity contribution is 5.92. The van der Waals surface area contributed by atoms with Crippen molar-refractivity contribution in [3.05, 3.63) is 83.9 Å². The highest BCUT2D eigenvalue weighted by atomic mass is 16.6. The molecule has 168 valence electrons. The van der Waals surface area contributed by atoms with Gasteiger partial charge in [0.05, 0.1) is 13.2 Å². The molecule has 2 saturated heterocycles. The van der Waals surface area contributed by atoms with Crippen LogP contribution in [0.4, 0.5) is 0 Å². The first kappa shape index (κ1) is 20.5. The summed E-state index contributed by atoms with van der Waals surface area (Å²) in [4.78, 5) is 0. The molecule has 0 spiro atoms. The van der Waals surface area contributed by atoms with Gasteiger partial charge in [-0.15, -0.1) is 0 Å². The average Bonchev–Trinajstić information content (AvgIpc) is 3.78. The Morgan fingerprint density at radius 2 is 1.15 bits per heavy atom. The smallest absolute Gasteiger partial charge is 0.123 e. The van der Waals surface area contributed by atoms with Gasteiger partial charge in [0, 0.05) is 17.0 Å². The molecule has 2 aliphatic heterocycles. The van der Waals surface area contributed by atoms with Crippen LogP contribution in [0.3, 0.4) is 0 Å². The third kappa shape index (κ3) is 4.17. The monoisotopic (exact) mass is 440 g/mol. The average molecular weight is 441 g/mol. The summed E-state index contributed by atoms with van der Waals surface area (Å²) >= 11 is 0. The van der Waals surface area contributed by atoms with Crippen LogP contribution in [0.2, 0.25) is 0 Å². The van der Waals surface area contributed by atoms with Crippen LogP contribution in [0, 0.1) is 0 Å². The summed E-state index contributed by atoms with van der Waals surface area (Å²) in [6.07, 6.45) is 1.34. The zero-order chi connectivity index (χ0) is 22.2. The van der Waals surface area contributed by atoms with Crippen LogP contribution in [0.25, 0.3) is 21.5 Å². The van der Waals surface area contributed by atoms with E-state index in [0.717, 1.165) is 31.1 Å². The fourth-order valence-electron chi connectivity index (χ4n) is 4.77. The molecule has 0 aliphatic carbocycles. The summed E-state index contributed by atoms with van der Waals surface area (Å²) in [6.45, 7) is 4.98. The van der Waals surface area contributed by atoms with E-state index in [4.69, 9.17) is 18.9 Å². The minimum Gasteiger partial charge on any atom is -0.490 e. The van der Waals surface area contributed by atoms with Crippen LogP contribution in [0.5, 0.6) is 11.5 Å². The van der Waals surface area contributed by atoms with Crippen molar-refractivity contribution in [3.63, 3.8) is 0 Å². The van der Waals surface area contributed by atoms with E-state index in [2.05, 4.69) is 79.7 Å². The Bertz CT molecular complexity index is 1190. The number of fused-ring (bicyclic) bond motifs is 2. The molecule has 2 aliphatic rings. The summed E-state index contributed by atoms with van der Waals surface area (Å²) in [7, 11) is 0. The minimum absolute atomic E-state index is 0.118. The van der Waals surface area contributed by atoms with Gasteiger partial charge in [-0.2, -0.15) is 0 Å². The molecule has 4 aromatic rings. The molecular weight excluding hydrogens is 412 g/mol. The van der Waals surface area contributed by atoms with Gasteiger partial charge in [-0.25, -0.2) is 0 Å². The summed E-state index contributed by atoms with van der Waals surface area (Å²) in [5.41, 5.74) is 2.44. The fraction of sp³-hybridized carbons (Fsp3) is 0.310. The Balaban J connectivity index is 1.53. The number of rotatable bonds is 9. The van der Waals surface area contributed by atoms with Crippen molar-refractivity contribution in [2.24, 2.45) is 0 Å². The minimum atomic E-state index is 0.118. The molecule has 0 radical (unpaired) electrons. The number of epoxide rings is 2. The molecular formula is C29H28O4. The van der Waals surface area contributed by atoms with Crippen molar-refractivity contribution in [2.75, 3.05) is 26.4 Å². The summed E-state index contributed by atoms with van der Waals surface area (Å²) in [6, 6.07) is 25.7. The number of hydrogen-bond acceptors (Lipinski definition) is 4. The van der Waals surface area contributed by atoms with Crippen LogP contribution < -0.4 is 9.47 Å². The highest BCUT2D eigenvalue weighted by Crippen LogP contribution is 2.45. The standard InChI is InChI=1S/C29H28O4/c1-2-23(28-24-9-5-3-7-19(24)11-13-26(28)32-17-21-15-30-21)29-25-10-6-4-8-20(25)12-14-27(29)33-18-22-16-31-22/h3-14,21-23H,2,15-18H2,1H3. The van der Waals surface area contributed by atoms with E-state index in [1.165, 1.54) is 32.7 Å². The Morgan fingerprint density at radius 3 is 1.58 bits per heavy atom. The second kappa shape index (κ2) is 8.69. The molecule has 2 heterocycles. The molecule has 0 aromatic heterocycles. The van der Waals surface area contributed by atoms with Crippen LogP contribution >= 0.6 is 0 Å². The maximum absolute atomic E-state index is 6.35. The molecule has 0 bridgehead atoms. The predicted molar refractivity (Wildman–Crippen MR) is 130 cm³/mol. The van der Waals surface area contributed by atoms with Gasteiger partial charge in [-0.3, -0.25) is 0 Å². The number of benzene rings is 4. The highest BCUT2D eigenvalue weighted by Gasteiger charge is 2.29. The summed E-state index contributed by atoms with van der Waals surface area (Å²) < 4.78 is 23.5. The molecule has 6 rings (SSSR count). The van der Waals surface area contributed by atoms with E-state index < -0.39 is 0 Å². The molecule has 4 nitrogen and oxygen atoms in total. The first-order chi connectivity index (χ1) is 16.3. The van der Waals surface area contributed by atoms with Crippen molar-refractivity contribution in [2.45, 2.75) is 31.5 Å². The third-order valence-corrected chi connectivity index (χ3v) is 6.62. The maximum Gasteiger partial charge on any atom is 0.123 e. The van der Waals surface area contributed by atoms with E-state index in [-0.39, 0.29) is 18.1 Å². The Kier molecular flexibility index (Phi) is 5.41. The lowest BCUT2D eigenvalue weighted by Gasteiger charge is -2.25. The normalized spacial score (nSPS) is 20.0. The molecule has 2 unspecified atom stereocenters. The molecule has 0 amide bonds. The van der Waals surface area contributed by atoms with Crippen LogP contribution in [-0.4, -0.2) is 38.6 Å². The molecule has 33 heavy (non-hydrogen) atoms.